The zero-order chi connectivity index (χ0) is 13.5. The van der Waals surface area contributed by atoms with Gasteiger partial charge in [0.2, 0.25) is 0 Å². The molecule has 2 unspecified atom stereocenters. The van der Waals surface area contributed by atoms with E-state index in [9.17, 15) is 0 Å². The SMILES string of the molecule is CCC1COC(C)CN1CCCNC1CCCCC1. The van der Waals surface area contributed by atoms with Crippen LogP contribution in [0.15, 0.2) is 0 Å². The summed E-state index contributed by atoms with van der Waals surface area (Å²) >= 11 is 0. The van der Waals surface area contributed by atoms with Crippen LogP contribution in [0.25, 0.3) is 0 Å². The van der Waals surface area contributed by atoms with Crippen LogP contribution in [0.1, 0.15) is 58.8 Å². The van der Waals surface area contributed by atoms with Gasteiger partial charge in [0.05, 0.1) is 12.7 Å². The lowest BCUT2D eigenvalue weighted by Gasteiger charge is -2.38. The number of hydrogen-bond donors (Lipinski definition) is 1. The molecule has 112 valence electrons. The highest BCUT2D eigenvalue weighted by Gasteiger charge is 2.24. The normalized spacial score (nSPS) is 30.6. The highest BCUT2D eigenvalue weighted by molar-refractivity contribution is 4.78. The maximum atomic E-state index is 5.76. The fourth-order valence-electron chi connectivity index (χ4n) is 3.46. The van der Waals surface area contributed by atoms with Crippen LogP contribution in [-0.4, -0.2) is 49.3 Å². The summed E-state index contributed by atoms with van der Waals surface area (Å²) in [4.78, 5) is 2.64. The van der Waals surface area contributed by atoms with Gasteiger partial charge in [0.25, 0.3) is 0 Å². The molecule has 3 nitrogen and oxygen atoms in total. The van der Waals surface area contributed by atoms with Crippen LogP contribution in [-0.2, 0) is 4.74 Å². The minimum absolute atomic E-state index is 0.411. The Kier molecular flexibility index (Phi) is 6.62. The quantitative estimate of drug-likeness (QED) is 0.750. The van der Waals surface area contributed by atoms with Crippen molar-refractivity contribution in [2.24, 2.45) is 0 Å². The zero-order valence-electron chi connectivity index (χ0n) is 12.9. The van der Waals surface area contributed by atoms with Crippen molar-refractivity contribution in [2.75, 3.05) is 26.2 Å². The summed E-state index contributed by atoms with van der Waals surface area (Å²) in [5.74, 6) is 0. The van der Waals surface area contributed by atoms with Crippen molar-refractivity contribution < 1.29 is 4.74 Å². The first-order valence-corrected chi connectivity index (χ1v) is 8.38. The van der Waals surface area contributed by atoms with Gasteiger partial charge in [-0.25, -0.2) is 0 Å². The monoisotopic (exact) mass is 268 g/mol. The zero-order valence-corrected chi connectivity index (χ0v) is 12.9. The molecule has 0 radical (unpaired) electrons. The maximum absolute atomic E-state index is 5.76. The summed E-state index contributed by atoms with van der Waals surface area (Å²) in [6, 6.07) is 1.45. The van der Waals surface area contributed by atoms with Gasteiger partial charge in [-0.2, -0.15) is 0 Å². The smallest absolute Gasteiger partial charge is 0.0674 e. The molecule has 1 aliphatic heterocycles. The number of nitrogens with one attached hydrogen (secondary N) is 1. The maximum Gasteiger partial charge on any atom is 0.0674 e. The molecule has 1 heterocycles. The molecule has 2 atom stereocenters. The Balaban J connectivity index is 1.60. The van der Waals surface area contributed by atoms with Gasteiger partial charge < -0.3 is 10.1 Å². The van der Waals surface area contributed by atoms with E-state index in [0.717, 1.165) is 19.2 Å². The van der Waals surface area contributed by atoms with Crippen molar-refractivity contribution in [1.29, 1.82) is 0 Å². The molecule has 2 rings (SSSR count). The van der Waals surface area contributed by atoms with Gasteiger partial charge in [-0.15, -0.1) is 0 Å². The second-order valence-electron chi connectivity index (χ2n) is 6.34. The lowest BCUT2D eigenvalue weighted by atomic mass is 9.95. The summed E-state index contributed by atoms with van der Waals surface area (Å²) in [5.41, 5.74) is 0. The van der Waals surface area contributed by atoms with Gasteiger partial charge in [0.1, 0.15) is 0 Å². The summed E-state index contributed by atoms with van der Waals surface area (Å²) in [6.45, 7) is 8.92. The minimum Gasteiger partial charge on any atom is -0.376 e. The van der Waals surface area contributed by atoms with Crippen molar-refractivity contribution in [1.82, 2.24) is 10.2 Å². The number of rotatable bonds is 6. The number of hydrogen-bond acceptors (Lipinski definition) is 3. The molecule has 1 saturated heterocycles. The van der Waals surface area contributed by atoms with Crippen LogP contribution in [0, 0.1) is 0 Å². The Bertz CT molecular complexity index is 241. The van der Waals surface area contributed by atoms with Gasteiger partial charge in [0.15, 0.2) is 0 Å². The first kappa shape index (κ1) is 15.3. The minimum atomic E-state index is 0.411. The molecule has 1 saturated carbocycles. The van der Waals surface area contributed by atoms with E-state index in [1.165, 1.54) is 58.0 Å². The van der Waals surface area contributed by atoms with E-state index in [1.807, 2.05) is 0 Å². The largest absolute Gasteiger partial charge is 0.376 e. The summed E-state index contributed by atoms with van der Waals surface area (Å²) < 4.78 is 5.76. The Hall–Kier alpha value is -0.120. The second kappa shape index (κ2) is 8.23. The third kappa shape index (κ3) is 5.05. The summed E-state index contributed by atoms with van der Waals surface area (Å²) in [6.07, 6.45) is 9.99. The average molecular weight is 268 g/mol. The van der Waals surface area contributed by atoms with Crippen LogP contribution in [0.4, 0.5) is 0 Å². The van der Waals surface area contributed by atoms with E-state index in [2.05, 4.69) is 24.1 Å². The number of morpholine rings is 1. The number of nitrogens with zero attached hydrogens (tertiary/aromatic N) is 1. The van der Waals surface area contributed by atoms with Gasteiger partial charge in [-0.05, 0) is 45.7 Å². The molecular weight excluding hydrogens is 236 g/mol. The Morgan fingerprint density at radius 2 is 2.00 bits per heavy atom. The van der Waals surface area contributed by atoms with Crippen LogP contribution >= 0.6 is 0 Å². The van der Waals surface area contributed by atoms with E-state index in [-0.39, 0.29) is 0 Å². The number of ether oxygens (including phenoxy) is 1. The Morgan fingerprint density at radius 3 is 2.74 bits per heavy atom. The van der Waals surface area contributed by atoms with Crippen molar-refractivity contribution >= 4 is 0 Å². The third-order valence-electron chi connectivity index (χ3n) is 4.71. The molecule has 2 aliphatic rings. The molecular formula is C16H32N2O. The van der Waals surface area contributed by atoms with Crippen molar-refractivity contribution in [3.63, 3.8) is 0 Å². The van der Waals surface area contributed by atoms with Crippen molar-refractivity contribution in [3.05, 3.63) is 0 Å². The molecule has 19 heavy (non-hydrogen) atoms. The second-order valence-corrected chi connectivity index (χ2v) is 6.34. The molecule has 0 aromatic heterocycles. The van der Waals surface area contributed by atoms with Crippen LogP contribution in [0.5, 0.6) is 0 Å². The molecule has 0 spiro atoms. The Morgan fingerprint density at radius 1 is 1.21 bits per heavy atom. The van der Waals surface area contributed by atoms with E-state index in [0.29, 0.717) is 12.1 Å². The molecule has 0 bridgehead atoms. The predicted molar refractivity (Wildman–Crippen MR) is 80.6 cm³/mol. The first-order valence-electron chi connectivity index (χ1n) is 8.38. The highest BCUT2D eigenvalue weighted by Crippen LogP contribution is 2.17. The predicted octanol–water partition coefficient (Wildman–Crippen LogP) is 2.80. The third-order valence-corrected chi connectivity index (χ3v) is 4.71. The fourth-order valence-corrected chi connectivity index (χ4v) is 3.46. The molecule has 1 N–H and O–H groups in total. The van der Waals surface area contributed by atoms with Crippen LogP contribution < -0.4 is 5.32 Å². The fraction of sp³-hybridized carbons (Fsp3) is 1.00. The van der Waals surface area contributed by atoms with E-state index in [1.54, 1.807) is 0 Å². The molecule has 2 fully saturated rings. The van der Waals surface area contributed by atoms with Gasteiger partial charge in [0, 0.05) is 18.6 Å². The molecule has 0 aromatic rings. The standard InChI is InChI=1S/C16H32N2O/c1-3-16-13-19-14(2)12-18(16)11-7-10-17-15-8-5-4-6-9-15/h14-17H,3-13H2,1-2H3. The average Bonchev–Trinajstić information content (AvgIpc) is 2.45. The highest BCUT2D eigenvalue weighted by atomic mass is 16.5. The lowest BCUT2D eigenvalue weighted by molar-refractivity contribution is -0.0559. The van der Waals surface area contributed by atoms with Gasteiger partial charge in [-0.1, -0.05) is 26.2 Å². The van der Waals surface area contributed by atoms with E-state index >= 15 is 0 Å². The van der Waals surface area contributed by atoms with Crippen molar-refractivity contribution in [3.8, 4) is 0 Å². The molecule has 3 heteroatoms. The molecule has 0 aromatic carbocycles. The first-order chi connectivity index (χ1) is 9.29. The summed E-state index contributed by atoms with van der Waals surface area (Å²) in [5, 5.41) is 3.75. The van der Waals surface area contributed by atoms with Crippen LogP contribution in [0.2, 0.25) is 0 Å². The van der Waals surface area contributed by atoms with E-state index in [4.69, 9.17) is 4.74 Å². The Labute approximate surface area is 119 Å². The molecule has 0 amide bonds. The van der Waals surface area contributed by atoms with Gasteiger partial charge >= 0.3 is 0 Å². The van der Waals surface area contributed by atoms with Crippen LogP contribution in [0.3, 0.4) is 0 Å². The lowest BCUT2D eigenvalue weighted by Crippen LogP contribution is -2.49. The van der Waals surface area contributed by atoms with Gasteiger partial charge in [-0.3, -0.25) is 4.90 Å². The topological polar surface area (TPSA) is 24.5 Å². The molecule has 1 aliphatic carbocycles. The summed E-state index contributed by atoms with van der Waals surface area (Å²) in [7, 11) is 0. The van der Waals surface area contributed by atoms with E-state index < -0.39 is 0 Å². The van der Waals surface area contributed by atoms with Crippen molar-refractivity contribution in [2.45, 2.75) is 77.0 Å².